The molecule has 0 aromatic rings. The maximum Gasteiger partial charge on any atom is 0.330 e. The van der Waals surface area contributed by atoms with Crippen LogP contribution >= 0.6 is 0 Å². The van der Waals surface area contributed by atoms with Crippen LogP contribution in [0.5, 0.6) is 0 Å². The van der Waals surface area contributed by atoms with E-state index in [2.05, 4.69) is 53.7 Å². The van der Waals surface area contributed by atoms with E-state index in [0.29, 0.717) is 12.8 Å². The first-order chi connectivity index (χ1) is 20.3. The highest BCUT2D eigenvalue weighted by Gasteiger charge is 2.68. The van der Waals surface area contributed by atoms with Crippen LogP contribution in [0.2, 0.25) is 0 Å². The summed E-state index contributed by atoms with van der Waals surface area (Å²) in [5.41, 5.74) is 1.63. The molecule has 4 aliphatic carbocycles. The van der Waals surface area contributed by atoms with Crippen LogP contribution in [-0.4, -0.2) is 47.3 Å². The van der Waals surface area contributed by atoms with Crippen molar-refractivity contribution in [2.75, 3.05) is 0 Å². The van der Waals surface area contributed by atoms with Crippen molar-refractivity contribution in [3.8, 4) is 0 Å². The molecule has 0 heterocycles. The lowest BCUT2D eigenvalue weighted by molar-refractivity contribution is -0.166. The van der Waals surface area contributed by atoms with Gasteiger partial charge in [0.15, 0.2) is 0 Å². The summed E-state index contributed by atoms with van der Waals surface area (Å²) in [6.07, 6.45) is 9.58. The third-order valence-corrected chi connectivity index (χ3v) is 12.4. The van der Waals surface area contributed by atoms with E-state index in [1.165, 1.54) is 31.9 Å². The molecule has 0 amide bonds. The molecular formula is C36H52O8. The number of carbonyl (C=O) groups is 4. The second-order valence-electron chi connectivity index (χ2n) is 15.1. The predicted octanol–water partition coefficient (Wildman–Crippen LogP) is 6.97. The monoisotopic (exact) mass is 612 g/mol. The van der Waals surface area contributed by atoms with Gasteiger partial charge in [0, 0.05) is 43.6 Å². The number of hydrogen-bond donors (Lipinski definition) is 1. The van der Waals surface area contributed by atoms with Gasteiger partial charge in [-0.05, 0) is 78.8 Å². The van der Waals surface area contributed by atoms with Crippen molar-refractivity contribution in [2.24, 2.45) is 39.4 Å². The van der Waals surface area contributed by atoms with E-state index in [1.807, 2.05) is 0 Å². The van der Waals surface area contributed by atoms with Crippen LogP contribution in [0.25, 0.3) is 0 Å². The molecule has 4 rings (SSSR count). The fourth-order valence-corrected chi connectivity index (χ4v) is 9.83. The molecule has 0 aromatic carbocycles. The van der Waals surface area contributed by atoms with Crippen LogP contribution in [-0.2, 0) is 33.4 Å². The van der Waals surface area contributed by atoms with E-state index in [9.17, 15) is 24.3 Å². The van der Waals surface area contributed by atoms with Crippen LogP contribution in [0.15, 0.2) is 34.9 Å². The van der Waals surface area contributed by atoms with Gasteiger partial charge in [-0.2, -0.15) is 0 Å². The first kappa shape index (κ1) is 34.0. The maximum absolute atomic E-state index is 12.5. The first-order valence-electron chi connectivity index (χ1n) is 16.1. The Hall–Kier alpha value is -2.90. The molecule has 8 heteroatoms. The van der Waals surface area contributed by atoms with Crippen LogP contribution in [0.3, 0.4) is 0 Å². The quantitative estimate of drug-likeness (QED) is 0.177. The van der Waals surface area contributed by atoms with Gasteiger partial charge < -0.3 is 19.3 Å². The Morgan fingerprint density at radius 2 is 1.55 bits per heavy atom. The molecule has 0 aliphatic heterocycles. The van der Waals surface area contributed by atoms with E-state index < -0.39 is 23.5 Å². The molecule has 8 nitrogen and oxygen atoms in total. The van der Waals surface area contributed by atoms with Crippen LogP contribution < -0.4 is 0 Å². The summed E-state index contributed by atoms with van der Waals surface area (Å²) in [4.78, 5) is 48.2. The zero-order valence-electron chi connectivity index (χ0n) is 28.2. The third-order valence-electron chi connectivity index (χ3n) is 12.4. The Labute approximate surface area is 262 Å². The van der Waals surface area contributed by atoms with Gasteiger partial charge in [-0.25, -0.2) is 4.79 Å². The first-order valence-corrected chi connectivity index (χ1v) is 16.1. The van der Waals surface area contributed by atoms with Crippen LogP contribution in [0.1, 0.15) is 108 Å². The minimum Gasteiger partial charge on any atom is -0.478 e. The van der Waals surface area contributed by atoms with Crippen molar-refractivity contribution in [3.05, 3.63) is 34.9 Å². The Morgan fingerprint density at radius 1 is 0.932 bits per heavy atom. The highest BCUT2D eigenvalue weighted by atomic mass is 16.6. The van der Waals surface area contributed by atoms with Gasteiger partial charge in [0.2, 0.25) is 0 Å². The number of aliphatic carboxylic acids is 1. The van der Waals surface area contributed by atoms with Gasteiger partial charge in [0.25, 0.3) is 0 Å². The highest BCUT2D eigenvalue weighted by Crippen LogP contribution is 2.72. The van der Waals surface area contributed by atoms with Crippen molar-refractivity contribution in [3.63, 3.8) is 0 Å². The number of carbonyl (C=O) groups excluding carboxylic acids is 3. The third kappa shape index (κ3) is 5.44. The Kier molecular flexibility index (Phi) is 9.11. The minimum atomic E-state index is -0.999. The van der Waals surface area contributed by atoms with Gasteiger partial charge in [-0.1, -0.05) is 59.8 Å². The van der Waals surface area contributed by atoms with Gasteiger partial charge in [0.1, 0.15) is 18.3 Å². The zero-order valence-corrected chi connectivity index (χ0v) is 28.2. The van der Waals surface area contributed by atoms with Gasteiger partial charge in [-0.3, -0.25) is 14.4 Å². The summed E-state index contributed by atoms with van der Waals surface area (Å²) in [6, 6.07) is 0. The molecule has 2 fully saturated rings. The molecule has 244 valence electrons. The second-order valence-corrected chi connectivity index (χ2v) is 15.1. The molecular weight excluding hydrogens is 560 g/mol. The van der Waals surface area contributed by atoms with Crippen molar-refractivity contribution in [1.82, 2.24) is 0 Å². The largest absolute Gasteiger partial charge is 0.478 e. The fraction of sp³-hybridized carbons (Fsp3) is 0.722. The number of allylic oxidation sites excluding steroid dienone is 3. The number of carboxylic acids is 1. The van der Waals surface area contributed by atoms with E-state index in [1.54, 1.807) is 13.0 Å². The SMILES string of the molecule is CC(=O)OC(CC=C(C)C(=O)O)C(C)C1CC(OC(C)=O)C2(C)C3=CCC4C(C)(CCC(OC(C)=O)C4(C)C)C3=CCC12C. The summed E-state index contributed by atoms with van der Waals surface area (Å²) < 4.78 is 17.8. The normalized spacial score (nSPS) is 37.2. The molecule has 44 heavy (non-hydrogen) atoms. The Morgan fingerprint density at radius 3 is 2.11 bits per heavy atom. The number of fused-ring (bicyclic) bond motifs is 5. The van der Waals surface area contributed by atoms with Crippen molar-refractivity contribution >= 4 is 23.9 Å². The van der Waals surface area contributed by atoms with E-state index in [4.69, 9.17) is 14.2 Å². The summed E-state index contributed by atoms with van der Waals surface area (Å²) in [5, 5.41) is 9.41. The summed E-state index contributed by atoms with van der Waals surface area (Å²) in [6.45, 7) is 19.3. The van der Waals surface area contributed by atoms with E-state index in [0.717, 1.165) is 25.7 Å². The molecule has 4 aliphatic rings. The van der Waals surface area contributed by atoms with Crippen molar-refractivity contribution in [2.45, 2.75) is 126 Å². The topological polar surface area (TPSA) is 116 Å². The average molecular weight is 613 g/mol. The zero-order chi connectivity index (χ0) is 33.0. The average Bonchev–Trinajstić information content (AvgIpc) is 3.13. The molecule has 0 saturated heterocycles. The molecule has 9 unspecified atom stereocenters. The van der Waals surface area contributed by atoms with Crippen molar-refractivity contribution < 1.29 is 38.5 Å². The number of esters is 3. The maximum atomic E-state index is 12.5. The summed E-state index contributed by atoms with van der Waals surface area (Å²) in [5.74, 6) is -1.78. The lowest BCUT2D eigenvalue weighted by Crippen LogP contribution is -2.56. The van der Waals surface area contributed by atoms with Crippen molar-refractivity contribution in [1.29, 1.82) is 0 Å². The van der Waals surface area contributed by atoms with Gasteiger partial charge in [0.05, 0.1) is 0 Å². The highest BCUT2D eigenvalue weighted by molar-refractivity contribution is 5.85. The molecule has 0 spiro atoms. The van der Waals surface area contributed by atoms with E-state index in [-0.39, 0.29) is 63.7 Å². The summed E-state index contributed by atoms with van der Waals surface area (Å²) in [7, 11) is 0. The summed E-state index contributed by atoms with van der Waals surface area (Å²) >= 11 is 0. The standard InChI is InChI=1S/C36H52O8/c1-20(32(40)41)11-13-28(42-22(3)37)21(2)27-19-31(44-24(5)39)36(10)26-12-14-29-33(6,7)30(43-23(4)38)16-17-34(29,8)25(26)15-18-35(27,36)9/h11-12,15,21,27-31H,13-14,16-19H2,1-10H3,(H,40,41). The van der Waals surface area contributed by atoms with Crippen LogP contribution in [0.4, 0.5) is 0 Å². The molecule has 1 N–H and O–H groups in total. The van der Waals surface area contributed by atoms with Gasteiger partial charge >= 0.3 is 23.9 Å². The lowest BCUT2D eigenvalue weighted by atomic mass is 9.44. The molecule has 0 aromatic heterocycles. The lowest BCUT2D eigenvalue weighted by Gasteiger charge is -2.61. The smallest absolute Gasteiger partial charge is 0.330 e. The predicted molar refractivity (Wildman–Crippen MR) is 166 cm³/mol. The molecule has 0 radical (unpaired) electrons. The van der Waals surface area contributed by atoms with Gasteiger partial charge in [-0.15, -0.1) is 0 Å². The number of carboxylic acid groups (broad SMARTS) is 1. The number of ether oxygens (including phenoxy) is 3. The fourth-order valence-electron chi connectivity index (χ4n) is 9.83. The molecule has 0 bridgehead atoms. The molecule has 2 saturated carbocycles. The molecule has 9 atom stereocenters. The van der Waals surface area contributed by atoms with E-state index >= 15 is 0 Å². The Balaban J connectivity index is 1.78. The van der Waals surface area contributed by atoms with Crippen LogP contribution in [0, 0.1) is 39.4 Å². The Bertz CT molecular complexity index is 1300. The number of rotatable bonds is 8. The minimum absolute atomic E-state index is 0.0279. The second kappa shape index (κ2) is 11.8. The number of hydrogen-bond acceptors (Lipinski definition) is 7.